The number of fused-ring (bicyclic) bond motifs is 1. The molecular weight excluding hydrogens is 277 g/mol. The van der Waals surface area contributed by atoms with Crippen LogP contribution < -0.4 is 0 Å². The van der Waals surface area contributed by atoms with E-state index in [0.717, 1.165) is 5.03 Å². The Morgan fingerprint density at radius 2 is 2.10 bits per heavy atom. The Kier molecular flexibility index (Phi) is 3.60. The van der Waals surface area contributed by atoms with Crippen molar-refractivity contribution in [3.05, 3.63) is 42.0 Å². The van der Waals surface area contributed by atoms with Gasteiger partial charge in [0.2, 0.25) is 0 Å². The lowest BCUT2D eigenvalue weighted by molar-refractivity contribution is 0.617. The first-order valence-electron chi connectivity index (χ1n) is 6.20. The van der Waals surface area contributed by atoms with Gasteiger partial charge in [-0.15, -0.1) is 5.10 Å². The number of thioether (sulfide) groups is 1. The van der Waals surface area contributed by atoms with Gasteiger partial charge < -0.3 is 0 Å². The van der Waals surface area contributed by atoms with Gasteiger partial charge in [-0.1, -0.05) is 35.2 Å². The predicted molar refractivity (Wildman–Crippen MR) is 74.8 cm³/mol. The van der Waals surface area contributed by atoms with Gasteiger partial charge in [-0.25, -0.2) is 19.0 Å². The summed E-state index contributed by atoms with van der Waals surface area (Å²) in [5.41, 5.74) is 2.02. The molecule has 0 aliphatic heterocycles. The summed E-state index contributed by atoms with van der Waals surface area (Å²) in [4.78, 5) is 8.40. The molecule has 0 bridgehead atoms. The molecule has 0 N–H and O–H groups in total. The standard InChI is InChI=1S/C13H12FN5S/c1-2-19-12-11(17-18-19)13(16-8-15-12)20-7-9-5-3-4-6-10(9)14/h3-6,8H,2,7H2,1H3. The lowest BCUT2D eigenvalue weighted by Gasteiger charge is -2.03. The number of hydrogen-bond donors (Lipinski definition) is 0. The molecule has 0 saturated heterocycles. The van der Waals surface area contributed by atoms with E-state index in [2.05, 4.69) is 20.3 Å². The number of rotatable bonds is 4. The monoisotopic (exact) mass is 289 g/mol. The Balaban J connectivity index is 1.88. The molecule has 0 aliphatic carbocycles. The van der Waals surface area contributed by atoms with Crippen molar-refractivity contribution in [2.45, 2.75) is 24.2 Å². The molecule has 5 nitrogen and oxygen atoms in total. The molecule has 7 heteroatoms. The van der Waals surface area contributed by atoms with E-state index < -0.39 is 0 Å². The van der Waals surface area contributed by atoms with Crippen LogP contribution in [0.15, 0.2) is 35.6 Å². The second-order valence-corrected chi connectivity index (χ2v) is 5.10. The zero-order valence-electron chi connectivity index (χ0n) is 10.8. The van der Waals surface area contributed by atoms with Crippen LogP contribution in [0.2, 0.25) is 0 Å². The van der Waals surface area contributed by atoms with Gasteiger partial charge >= 0.3 is 0 Å². The van der Waals surface area contributed by atoms with E-state index in [4.69, 9.17) is 0 Å². The van der Waals surface area contributed by atoms with Crippen molar-refractivity contribution in [2.24, 2.45) is 0 Å². The largest absolute Gasteiger partial charge is 0.227 e. The Bertz CT molecular complexity index is 742. The third kappa shape index (κ3) is 2.36. The van der Waals surface area contributed by atoms with Gasteiger partial charge in [-0.2, -0.15) is 0 Å². The van der Waals surface area contributed by atoms with Crippen molar-refractivity contribution >= 4 is 22.9 Å². The van der Waals surface area contributed by atoms with Crippen LogP contribution in [0, 0.1) is 5.82 Å². The smallest absolute Gasteiger partial charge is 0.182 e. The second-order valence-electron chi connectivity index (χ2n) is 4.14. The zero-order valence-corrected chi connectivity index (χ0v) is 11.6. The maximum absolute atomic E-state index is 13.6. The highest BCUT2D eigenvalue weighted by atomic mass is 32.2. The van der Waals surface area contributed by atoms with Gasteiger partial charge in [0.15, 0.2) is 11.2 Å². The van der Waals surface area contributed by atoms with Crippen molar-refractivity contribution in [3.63, 3.8) is 0 Å². The Morgan fingerprint density at radius 3 is 2.90 bits per heavy atom. The van der Waals surface area contributed by atoms with Crippen LogP contribution in [0.3, 0.4) is 0 Å². The number of benzene rings is 1. The van der Waals surface area contributed by atoms with Gasteiger partial charge in [0.05, 0.1) is 0 Å². The molecule has 3 rings (SSSR count). The molecule has 1 aromatic carbocycles. The average Bonchev–Trinajstić information content (AvgIpc) is 2.90. The van der Waals surface area contributed by atoms with Gasteiger partial charge in [0.1, 0.15) is 17.2 Å². The van der Waals surface area contributed by atoms with E-state index >= 15 is 0 Å². The fourth-order valence-corrected chi connectivity index (χ4v) is 2.77. The van der Waals surface area contributed by atoms with Crippen LogP contribution in [0.4, 0.5) is 4.39 Å². The molecule has 20 heavy (non-hydrogen) atoms. The summed E-state index contributed by atoms with van der Waals surface area (Å²) in [6, 6.07) is 6.73. The molecular formula is C13H12FN5S. The van der Waals surface area contributed by atoms with E-state index in [0.29, 0.717) is 29.0 Å². The first-order chi connectivity index (χ1) is 9.79. The van der Waals surface area contributed by atoms with E-state index in [9.17, 15) is 4.39 Å². The Labute approximate surface area is 119 Å². The fourth-order valence-electron chi connectivity index (χ4n) is 1.85. The van der Waals surface area contributed by atoms with E-state index in [1.807, 2.05) is 13.0 Å². The molecule has 0 fully saturated rings. The van der Waals surface area contributed by atoms with Crippen LogP contribution in [-0.2, 0) is 12.3 Å². The van der Waals surface area contributed by atoms with Crippen LogP contribution in [0.5, 0.6) is 0 Å². The number of nitrogens with zero attached hydrogens (tertiary/aromatic N) is 5. The van der Waals surface area contributed by atoms with Crippen molar-refractivity contribution in [3.8, 4) is 0 Å². The molecule has 2 aromatic heterocycles. The number of hydrogen-bond acceptors (Lipinski definition) is 5. The summed E-state index contributed by atoms with van der Waals surface area (Å²) < 4.78 is 15.3. The van der Waals surface area contributed by atoms with E-state index in [1.165, 1.54) is 24.2 Å². The van der Waals surface area contributed by atoms with Crippen LogP contribution in [-0.4, -0.2) is 25.0 Å². The molecule has 3 aromatic rings. The highest BCUT2D eigenvalue weighted by Crippen LogP contribution is 2.26. The normalized spacial score (nSPS) is 11.1. The van der Waals surface area contributed by atoms with Gasteiger partial charge in [-0.05, 0) is 18.6 Å². The molecule has 0 saturated carbocycles. The molecule has 0 spiro atoms. The van der Waals surface area contributed by atoms with Crippen LogP contribution in [0.1, 0.15) is 12.5 Å². The van der Waals surface area contributed by atoms with Crippen molar-refractivity contribution in [2.75, 3.05) is 0 Å². The molecule has 0 radical (unpaired) electrons. The molecule has 102 valence electrons. The van der Waals surface area contributed by atoms with Gasteiger partial charge in [0.25, 0.3) is 0 Å². The van der Waals surface area contributed by atoms with Crippen molar-refractivity contribution in [1.29, 1.82) is 0 Å². The lowest BCUT2D eigenvalue weighted by Crippen LogP contribution is -1.98. The van der Waals surface area contributed by atoms with Gasteiger partial charge in [0, 0.05) is 12.3 Å². The second kappa shape index (κ2) is 5.54. The maximum atomic E-state index is 13.6. The van der Waals surface area contributed by atoms with Crippen LogP contribution in [0.25, 0.3) is 11.2 Å². The average molecular weight is 289 g/mol. The van der Waals surface area contributed by atoms with E-state index in [1.54, 1.807) is 16.8 Å². The summed E-state index contributed by atoms with van der Waals surface area (Å²) >= 11 is 1.43. The Morgan fingerprint density at radius 1 is 1.25 bits per heavy atom. The minimum absolute atomic E-state index is 0.206. The summed E-state index contributed by atoms with van der Waals surface area (Å²) in [6.45, 7) is 2.67. The number of aryl methyl sites for hydroxylation is 1. The zero-order chi connectivity index (χ0) is 13.9. The third-order valence-corrected chi connectivity index (χ3v) is 3.92. The summed E-state index contributed by atoms with van der Waals surface area (Å²) in [7, 11) is 0. The highest BCUT2D eigenvalue weighted by molar-refractivity contribution is 7.98. The third-order valence-electron chi connectivity index (χ3n) is 2.89. The maximum Gasteiger partial charge on any atom is 0.182 e. The first-order valence-corrected chi connectivity index (χ1v) is 7.18. The molecule has 0 unspecified atom stereocenters. The van der Waals surface area contributed by atoms with Crippen molar-refractivity contribution in [1.82, 2.24) is 25.0 Å². The minimum Gasteiger partial charge on any atom is -0.227 e. The summed E-state index contributed by atoms with van der Waals surface area (Å²) in [5.74, 6) is 0.292. The number of aromatic nitrogens is 5. The highest BCUT2D eigenvalue weighted by Gasteiger charge is 2.12. The van der Waals surface area contributed by atoms with Gasteiger partial charge in [-0.3, -0.25) is 0 Å². The molecule has 0 amide bonds. The SMILES string of the molecule is CCn1nnc2c(SCc3ccccc3F)ncnc21. The quantitative estimate of drug-likeness (QED) is 0.546. The predicted octanol–water partition coefficient (Wildman–Crippen LogP) is 2.67. The fraction of sp³-hybridized carbons (Fsp3) is 0.231. The lowest BCUT2D eigenvalue weighted by atomic mass is 10.2. The Hall–Kier alpha value is -2.02. The summed E-state index contributed by atoms with van der Waals surface area (Å²) in [5, 5.41) is 8.84. The topological polar surface area (TPSA) is 56.5 Å². The molecule has 0 atom stereocenters. The van der Waals surface area contributed by atoms with Crippen LogP contribution >= 0.6 is 11.8 Å². The summed E-state index contributed by atoms with van der Waals surface area (Å²) in [6.07, 6.45) is 1.49. The molecule has 0 aliphatic rings. The molecule has 2 heterocycles. The number of halogens is 1. The van der Waals surface area contributed by atoms with Crippen molar-refractivity contribution < 1.29 is 4.39 Å². The first kappa shape index (κ1) is 13.0. The van der Waals surface area contributed by atoms with E-state index in [-0.39, 0.29) is 5.82 Å². The minimum atomic E-state index is -0.206.